The predicted molar refractivity (Wildman–Crippen MR) is 85.0 cm³/mol. The molecule has 5 heteroatoms. The monoisotopic (exact) mass is 299 g/mol. The summed E-state index contributed by atoms with van der Waals surface area (Å²) in [6.07, 6.45) is 0. The van der Waals surface area contributed by atoms with E-state index in [-0.39, 0.29) is 0 Å². The van der Waals surface area contributed by atoms with Gasteiger partial charge in [-0.3, -0.25) is 0 Å². The normalized spacial score (nSPS) is 10.8. The average Bonchev–Trinajstić information content (AvgIpc) is 2.47. The summed E-state index contributed by atoms with van der Waals surface area (Å²) >= 11 is 6.00. The van der Waals surface area contributed by atoms with E-state index < -0.39 is 0 Å². The van der Waals surface area contributed by atoms with E-state index in [4.69, 9.17) is 16.3 Å². The number of rotatable bonds is 4. The molecule has 3 aromatic rings. The van der Waals surface area contributed by atoms with Crippen molar-refractivity contribution in [2.24, 2.45) is 0 Å². The molecule has 0 bridgehead atoms. The van der Waals surface area contributed by atoms with Crippen LogP contribution in [0.1, 0.15) is 5.82 Å². The third-order valence-corrected chi connectivity index (χ3v) is 3.23. The van der Waals surface area contributed by atoms with Crippen molar-refractivity contribution in [3.05, 3.63) is 59.5 Å². The molecule has 0 saturated heterocycles. The van der Waals surface area contributed by atoms with Crippen LogP contribution in [0.5, 0.6) is 0 Å². The van der Waals surface area contributed by atoms with E-state index in [1.807, 2.05) is 18.2 Å². The molecule has 1 heterocycles. The molecule has 0 aliphatic heterocycles. The number of methoxy groups -OCH3 is 1. The highest BCUT2D eigenvalue weighted by molar-refractivity contribution is 6.29. The lowest BCUT2D eigenvalue weighted by atomic mass is 10.1. The highest BCUT2D eigenvalue weighted by atomic mass is 35.5. The third kappa shape index (κ3) is 3.29. The zero-order chi connectivity index (χ0) is 14.7. The van der Waals surface area contributed by atoms with Crippen LogP contribution < -0.4 is 5.32 Å². The molecule has 21 heavy (non-hydrogen) atoms. The van der Waals surface area contributed by atoms with Crippen LogP contribution in [0, 0.1) is 0 Å². The van der Waals surface area contributed by atoms with Crippen LogP contribution >= 0.6 is 11.6 Å². The van der Waals surface area contributed by atoms with Crippen molar-refractivity contribution in [3.8, 4) is 0 Å². The lowest BCUT2D eigenvalue weighted by Crippen LogP contribution is -2.01. The molecular formula is C16H14ClN3O. The molecular weight excluding hydrogens is 286 g/mol. The van der Waals surface area contributed by atoms with Crippen LogP contribution in [0.2, 0.25) is 5.15 Å². The first-order valence-corrected chi connectivity index (χ1v) is 6.90. The Balaban J connectivity index is 1.90. The molecule has 4 nitrogen and oxygen atoms in total. The molecule has 0 unspecified atom stereocenters. The fourth-order valence-electron chi connectivity index (χ4n) is 2.14. The fourth-order valence-corrected chi connectivity index (χ4v) is 2.34. The van der Waals surface area contributed by atoms with Crippen molar-refractivity contribution in [1.82, 2.24) is 9.97 Å². The summed E-state index contributed by atoms with van der Waals surface area (Å²) in [6, 6.07) is 16.0. The molecule has 1 N–H and O–H groups in total. The molecule has 3 rings (SSSR count). The van der Waals surface area contributed by atoms with Gasteiger partial charge in [-0.25, -0.2) is 9.97 Å². The summed E-state index contributed by atoms with van der Waals surface area (Å²) in [4.78, 5) is 8.47. The molecule has 0 fully saturated rings. The maximum atomic E-state index is 6.00. The van der Waals surface area contributed by atoms with Crippen LogP contribution in [0.25, 0.3) is 10.8 Å². The average molecular weight is 300 g/mol. The Labute approximate surface area is 127 Å². The predicted octanol–water partition coefficient (Wildman–Crippen LogP) is 4.17. The van der Waals surface area contributed by atoms with E-state index in [0.717, 1.165) is 5.69 Å². The van der Waals surface area contributed by atoms with E-state index >= 15 is 0 Å². The van der Waals surface area contributed by atoms with Gasteiger partial charge in [-0.05, 0) is 22.9 Å². The van der Waals surface area contributed by atoms with Gasteiger partial charge in [0.15, 0.2) is 5.82 Å². The quantitative estimate of drug-likeness (QED) is 0.734. The zero-order valence-electron chi connectivity index (χ0n) is 11.5. The molecule has 0 saturated carbocycles. The van der Waals surface area contributed by atoms with Gasteiger partial charge in [-0.15, -0.1) is 0 Å². The molecule has 1 aromatic heterocycles. The van der Waals surface area contributed by atoms with Crippen LogP contribution in [0.4, 0.5) is 11.5 Å². The minimum atomic E-state index is 0.326. The number of fused-ring (bicyclic) bond motifs is 1. The van der Waals surface area contributed by atoms with Crippen LogP contribution in [0.15, 0.2) is 48.5 Å². The topological polar surface area (TPSA) is 47.0 Å². The minimum absolute atomic E-state index is 0.326. The van der Waals surface area contributed by atoms with Gasteiger partial charge >= 0.3 is 0 Å². The molecule has 0 aliphatic carbocycles. The summed E-state index contributed by atoms with van der Waals surface area (Å²) < 4.78 is 5.03. The molecule has 0 atom stereocenters. The van der Waals surface area contributed by atoms with E-state index in [1.165, 1.54) is 10.8 Å². The summed E-state index contributed by atoms with van der Waals surface area (Å²) in [7, 11) is 1.60. The molecule has 0 amide bonds. The molecule has 0 spiro atoms. The number of anilines is 2. The van der Waals surface area contributed by atoms with Crippen molar-refractivity contribution in [2.75, 3.05) is 12.4 Å². The van der Waals surface area contributed by atoms with Crippen molar-refractivity contribution in [3.63, 3.8) is 0 Å². The van der Waals surface area contributed by atoms with Crippen molar-refractivity contribution in [1.29, 1.82) is 0 Å². The van der Waals surface area contributed by atoms with E-state index in [9.17, 15) is 0 Å². The SMILES string of the molecule is COCc1nc(Cl)cc(Nc2ccc3ccccc3c2)n1. The zero-order valence-corrected chi connectivity index (χ0v) is 12.3. The second-order valence-corrected chi connectivity index (χ2v) is 5.00. The summed E-state index contributed by atoms with van der Waals surface area (Å²) in [5.74, 6) is 1.20. The Morgan fingerprint density at radius 2 is 1.86 bits per heavy atom. The largest absolute Gasteiger partial charge is 0.377 e. The Hall–Kier alpha value is -2.17. The van der Waals surface area contributed by atoms with E-state index in [1.54, 1.807) is 13.2 Å². The lowest BCUT2D eigenvalue weighted by Gasteiger charge is -2.08. The molecule has 2 aromatic carbocycles. The summed E-state index contributed by atoms with van der Waals surface area (Å²) in [6.45, 7) is 0.326. The number of aromatic nitrogens is 2. The van der Waals surface area contributed by atoms with Gasteiger partial charge in [-0.1, -0.05) is 41.9 Å². The van der Waals surface area contributed by atoms with Crippen molar-refractivity contribution < 1.29 is 4.74 Å². The maximum absolute atomic E-state index is 6.00. The second kappa shape index (κ2) is 6.08. The first-order valence-electron chi connectivity index (χ1n) is 6.53. The van der Waals surface area contributed by atoms with Gasteiger partial charge in [0.2, 0.25) is 0 Å². The van der Waals surface area contributed by atoms with Crippen molar-refractivity contribution in [2.45, 2.75) is 6.61 Å². The summed E-state index contributed by atoms with van der Waals surface area (Å²) in [5, 5.41) is 6.00. The third-order valence-electron chi connectivity index (χ3n) is 3.04. The van der Waals surface area contributed by atoms with Gasteiger partial charge in [0.25, 0.3) is 0 Å². The van der Waals surface area contributed by atoms with Gasteiger partial charge in [-0.2, -0.15) is 0 Å². The smallest absolute Gasteiger partial charge is 0.158 e. The van der Waals surface area contributed by atoms with E-state index in [2.05, 4.69) is 39.6 Å². The van der Waals surface area contributed by atoms with Crippen molar-refractivity contribution >= 4 is 33.9 Å². The number of hydrogen-bond acceptors (Lipinski definition) is 4. The summed E-state index contributed by atoms with van der Waals surface area (Å²) in [5.41, 5.74) is 0.951. The number of nitrogens with one attached hydrogen (secondary N) is 1. The number of nitrogens with zero attached hydrogens (tertiary/aromatic N) is 2. The lowest BCUT2D eigenvalue weighted by molar-refractivity contribution is 0.178. The van der Waals surface area contributed by atoms with E-state index in [0.29, 0.717) is 23.4 Å². The first-order chi connectivity index (χ1) is 10.2. The minimum Gasteiger partial charge on any atom is -0.377 e. The molecule has 0 aliphatic rings. The molecule has 0 radical (unpaired) electrons. The number of benzene rings is 2. The fraction of sp³-hybridized carbons (Fsp3) is 0.125. The Kier molecular flexibility index (Phi) is 3.99. The maximum Gasteiger partial charge on any atom is 0.158 e. The number of ether oxygens (including phenoxy) is 1. The second-order valence-electron chi connectivity index (χ2n) is 4.61. The highest BCUT2D eigenvalue weighted by Crippen LogP contribution is 2.22. The number of halogens is 1. The standard InChI is InChI=1S/C16H14ClN3O/c1-21-10-16-19-14(17)9-15(20-16)18-13-7-6-11-4-2-3-5-12(11)8-13/h2-9H,10H2,1H3,(H,18,19,20). The van der Waals surface area contributed by atoms with Crippen LogP contribution in [0.3, 0.4) is 0 Å². The highest BCUT2D eigenvalue weighted by Gasteiger charge is 2.04. The van der Waals surface area contributed by atoms with Crippen LogP contribution in [-0.4, -0.2) is 17.1 Å². The first kappa shape index (κ1) is 13.8. The molecule has 106 valence electrons. The van der Waals surface area contributed by atoms with Crippen LogP contribution in [-0.2, 0) is 11.3 Å². The van der Waals surface area contributed by atoms with Gasteiger partial charge in [0, 0.05) is 18.9 Å². The van der Waals surface area contributed by atoms with Gasteiger partial charge in [0.05, 0.1) is 0 Å². The Morgan fingerprint density at radius 1 is 1.05 bits per heavy atom. The number of hydrogen-bond donors (Lipinski definition) is 1. The van der Waals surface area contributed by atoms with Gasteiger partial charge in [0.1, 0.15) is 17.6 Å². The Morgan fingerprint density at radius 3 is 2.67 bits per heavy atom. The van der Waals surface area contributed by atoms with Gasteiger partial charge < -0.3 is 10.1 Å². The Bertz CT molecular complexity index is 776.